The normalized spacial score (nSPS) is 10.3. The Morgan fingerprint density at radius 1 is 0.833 bits per heavy atom. The molecule has 0 aliphatic heterocycles. The fourth-order valence-corrected chi connectivity index (χ4v) is 1.72. The Balaban J connectivity index is 2.72. The van der Waals surface area contributed by atoms with Crippen molar-refractivity contribution in [3.63, 3.8) is 0 Å². The van der Waals surface area contributed by atoms with E-state index in [0.29, 0.717) is 5.39 Å². The van der Waals surface area contributed by atoms with Crippen molar-refractivity contribution < 1.29 is 4.39 Å². The van der Waals surface area contributed by atoms with E-state index in [4.69, 9.17) is 15.8 Å². The minimum absolute atomic E-state index is 0.258. The summed E-state index contributed by atoms with van der Waals surface area (Å²) >= 11 is 0. The van der Waals surface area contributed by atoms with Gasteiger partial charge in [0, 0.05) is 5.56 Å². The van der Waals surface area contributed by atoms with Crippen LogP contribution < -0.4 is 0 Å². The van der Waals surface area contributed by atoms with Gasteiger partial charge in [-0.2, -0.15) is 15.8 Å². The summed E-state index contributed by atoms with van der Waals surface area (Å²) in [6.45, 7) is 0. The Bertz CT molecular complexity index is 708. The van der Waals surface area contributed by atoms with Crippen LogP contribution in [-0.2, 0) is 5.41 Å². The molecule has 0 fully saturated rings. The maximum Gasteiger partial charge on any atom is 0.253 e. The quantitative estimate of drug-likeness (QED) is 0.762. The first kappa shape index (κ1) is 11.6. The molecule has 0 radical (unpaired) electrons. The number of nitriles is 3. The number of nitrogens with zero attached hydrogens (tertiary/aromatic N) is 3. The highest BCUT2D eigenvalue weighted by molar-refractivity contribution is 5.84. The predicted octanol–water partition coefficient (Wildman–Crippen LogP) is 2.79. The molecule has 0 saturated heterocycles. The summed E-state index contributed by atoms with van der Waals surface area (Å²) in [6, 6.07) is 14.0. The first-order valence-electron chi connectivity index (χ1n) is 5.09. The van der Waals surface area contributed by atoms with Crippen LogP contribution in [0.15, 0.2) is 36.4 Å². The molecular weight excluding hydrogens is 229 g/mol. The summed E-state index contributed by atoms with van der Waals surface area (Å²) in [5.41, 5.74) is -1.59. The molecule has 0 atom stereocenters. The number of halogens is 1. The Kier molecular flexibility index (Phi) is 2.68. The van der Waals surface area contributed by atoms with Crippen molar-refractivity contribution in [1.82, 2.24) is 0 Å². The van der Waals surface area contributed by atoms with E-state index in [2.05, 4.69) is 0 Å². The molecule has 0 spiro atoms. The average molecular weight is 235 g/mol. The summed E-state index contributed by atoms with van der Waals surface area (Å²) in [7, 11) is 0. The summed E-state index contributed by atoms with van der Waals surface area (Å²) in [4.78, 5) is 0. The van der Waals surface area contributed by atoms with E-state index in [1.54, 1.807) is 30.3 Å². The molecule has 0 bridgehead atoms. The third-order valence-electron chi connectivity index (χ3n) is 2.74. The van der Waals surface area contributed by atoms with Crippen molar-refractivity contribution >= 4 is 10.8 Å². The van der Waals surface area contributed by atoms with Crippen LogP contribution in [0, 0.1) is 39.8 Å². The monoisotopic (exact) mass is 235 g/mol. The molecule has 3 nitrogen and oxygen atoms in total. The van der Waals surface area contributed by atoms with Crippen molar-refractivity contribution in [3.8, 4) is 18.2 Å². The van der Waals surface area contributed by atoms with E-state index in [1.807, 2.05) is 0 Å². The van der Waals surface area contributed by atoms with E-state index >= 15 is 0 Å². The van der Waals surface area contributed by atoms with Gasteiger partial charge in [0.05, 0.1) is 0 Å². The van der Waals surface area contributed by atoms with Crippen LogP contribution in [0.2, 0.25) is 0 Å². The SMILES string of the molecule is N#CC(C#N)(C#N)c1ccc2ccc(F)cc2c1. The Labute approximate surface area is 103 Å². The lowest BCUT2D eigenvalue weighted by atomic mass is 9.84. The van der Waals surface area contributed by atoms with Crippen LogP contribution in [0.1, 0.15) is 5.56 Å². The summed E-state index contributed by atoms with van der Waals surface area (Å²) in [6.07, 6.45) is 0. The molecule has 0 aliphatic carbocycles. The summed E-state index contributed by atoms with van der Waals surface area (Å²) in [5, 5.41) is 28.3. The highest BCUT2D eigenvalue weighted by Gasteiger charge is 2.32. The highest BCUT2D eigenvalue weighted by atomic mass is 19.1. The topological polar surface area (TPSA) is 71.4 Å². The van der Waals surface area contributed by atoms with Crippen LogP contribution >= 0.6 is 0 Å². The van der Waals surface area contributed by atoms with Gasteiger partial charge in [0.2, 0.25) is 0 Å². The number of hydrogen-bond donors (Lipinski definition) is 0. The molecule has 2 aromatic carbocycles. The van der Waals surface area contributed by atoms with Crippen molar-refractivity contribution in [3.05, 3.63) is 47.8 Å². The van der Waals surface area contributed by atoms with Crippen LogP contribution in [0.4, 0.5) is 4.39 Å². The molecule has 0 aromatic heterocycles. The van der Waals surface area contributed by atoms with Gasteiger partial charge < -0.3 is 0 Å². The number of benzene rings is 2. The molecule has 0 N–H and O–H groups in total. The molecule has 0 unspecified atom stereocenters. The molecule has 0 aliphatic rings. The number of rotatable bonds is 1. The van der Waals surface area contributed by atoms with Crippen molar-refractivity contribution in [1.29, 1.82) is 15.8 Å². The third-order valence-corrected chi connectivity index (χ3v) is 2.74. The third kappa shape index (κ3) is 1.65. The average Bonchev–Trinajstić information content (AvgIpc) is 2.41. The van der Waals surface area contributed by atoms with Gasteiger partial charge in [-0.05, 0) is 29.0 Å². The number of hydrogen-bond acceptors (Lipinski definition) is 3. The lowest BCUT2D eigenvalue weighted by molar-refractivity contribution is 0.629. The second-order valence-electron chi connectivity index (χ2n) is 3.79. The zero-order valence-electron chi connectivity index (χ0n) is 9.18. The zero-order chi connectivity index (χ0) is 13.2. The Hall–Kier alpha value is -2.90. The van der Waals surface area contributed by atoms with Crippen molar-refractivity contribution in [2.45, 2.75) is 5.41 Å². The highest BCUT2D eigenvalue weighted by Crippen LogP contribution is 2.26. The maximum absolute atomic E-state index is 13.1. The Morgan fingerprint density at radius 2 is 1.44 bits per heavy atom. The first-order chi connectivity index (χ1) is 8.65. The summed E-state index contributed by atoms with van der Waals surface area (Å²) in [5.74, 6) is -0.406. The molecule has 0 saturated carbocycles. The Morgan fingerprint density at radius 3 is 2.06 bits per heavy atom. The molecule has 2 aromatic rings. The second kappa shape index (κ2) is 4.17. The molecule has 0 amide bonds. The van der Waals surface area contributed by atoms with Gasteiger partial charge in [-0.15, -0.1) is 0 Å². The smallest absolute Gasteiger partial charge is 0.207 e. The molecule has 84 valence electrons. The minimum atomic E-state index is -1.85. The van der Waals surface area contributed by atoms with Gasteiger partial charge in [-0.1, -0.05) is 18.2 Å². The molecule has 2 rings (SSSR count). The summed E-state index contributed by atoms with van der Waals surface area (Å²) < 4.78 is 13.1. The lowest BCUT2D eigenvalue weighted by Gasteiger charge is -2.10. The van der Waals surface area contributed by atoms with E-state index < -0.39 is 11.2 Å². The molecule has 0 heterocycles. The van der Waals surface area contributed by atoms with Crippen LogP contribution in [-0.4, -0.2) is 0 Å². The maximum atomic E-state index is 13.1. The van der Waals surface area contributed by atoms with E-state index in [9.17, 15) is 4.39 Å². The van der Waals surface area contributed by atoms with E-state index in [1.165, 1.54) is 24.3 Å². The van der Waals surface area contributed by atoms with Gasteiger partial charge in [0.15, 0.2) is 0 Å². The van der Waals surface area contributed by atoms with Gasteiger partial charge >= 0.3 is 0 Å². The fourth-order valence-electron chi connectivity index (χ4n) is 1.72. The van der Waals surface area contributed by atoms with Gasteiger partial charge in [0.25, 0.3) is 5.41 Å². The largest absolute Gasteiger partial charge is 0.253 e. The number of fused-ring (bicyclic) bond motifs is 1. The van der Waals surface area contributed by atoms with Gasteiger partial charge in [0.1, 0.15) is 24.0 Å². The van der Waals surface area contributed by atoms with Crippen LogP contribution in [0.25, 0.3) is 10.8 Å². The first-order valence-corrected chi connectivity index (χ1v) is 5.09. The second-order valence-corrected chi connectivity index (χ2v) is 3.79. The van der Waals surface area contributed by atoms with E-state index in [-0.39, 0.29) is 5.56 Å². The molecule has 4 heteroatoms. The fraction of sp³-hybridized carbons (Fsp3) is 0.0714. The zero-order valence-corrected chi connectivity index (χ0v) is 9.18. The van der Waals surface area contributed by atoms with Crippen molar-refractivity contribution in [2.24, 2.45) is 0 Å². The van der Waals surface area contributed by atoms with Gasteiger partial charge in [-0.25, -0.2) is 4.39 Å². The standard InChI is InChI=1S/C14H6FN3/c15-13-4-2-10-1-3-12(5-11(10)6-13)14(7-16,8-17)9-18/h1-6H. The molecular formula is C14H6FN3. The van der Waals surface area contributed by atoms with Crippen LogP contribution in [0.3, 0.4) is 0 Å². The van der Waals surface area contributed by atoms with Crippen LogP contribution in [0.5, 0.6) is 0 Å². The molecule has 18 heavy (non-hydrogen) atoms. The van der Waals surface area contributed by atoms with E-state index in [0.717, 1.165) is 5.39 Å². The van der Waals surface area contributed by atoms with Crippen molar-refractivity contribution in [2.75, 3.05) is 0 Å². The minimum Gasteiger partial charge on any atom is -0.207 e. The predicted molar refractivity (Wildman–Crippen MR) is 62.4 cm³/mol. The van der Waals surface area contributed by atoms with Gasteiger partial charge in [-0.3, -0.25) is 0 Å². The lowest BCUT2D eigenvalue weighted by Crippen LogP contribution is -2.18.